The molecule has 1 aliphatic rings. The highest BCUT2D eigenvalue weighted by Crippen LogP contribution is 2.19. The summed E-state index contributed by atoms with van der Waals surface area (Å²) in [6.45, 7) is 9.81. The standard InChI is InChI=1S/C14H22N2O/c1-12(2)11-17-14-5-3-13(4-6-14)16-9-7-15-8-10-16/h3-6,12,15H,7-11H2,1-2H3/p+1. The normalized spacial score (nSPS) is 16.3. The monoisotopic (exact) mass is 235 g/mol. The molecule has 1 fully saturated rings. The van der Waals surface area contributed by atoms with E-state index in [-0.39, 0.29) is 0 Å². The fraction of sp³-hybridized carbons (Fsp3) is 0.571. The van der Waals surface area contributed by atoms with E-state index >= 15 is 0 Å². The molecule has 1 aromatic carbocycles. The number of rotatable bonds is 4. The van der Waals surface area contributed by atoms with Gasteiger partial charge in [0.25, 0.3) is 0 Å². The van der Waals surface area contributed by atoms with Gasteiger partial charge >= 0.3 is 0 Å². The van der Waals surface area contributed by atoms with Gasteiger partial charge in [-0.1, -0.05) is 13.8 Å². The minimum absolute atomic E-state index is 0.576. The molecule has 0 radical (unpaired) electrons. The molecule has 2 rings (SSSR count). The van der Waals surface area contributed by atoms with Crippen molar-refractivity contribution < 1.29 is 10.1 Å². The molecule has 1 saturated heterocycles. The Morgan fingerprint density at radius 2 is 1.82 bits per heavy atom. The van der Waals surface area contributed by atoms with Gasteiger partial charge in [0.1, 0.15) is 5.75 Å². The van der Waals surface area contributed by atoms with Gasteiger partial charge in [0, 0.05) is 5.69 Å². The predicted molar refractivity (Wildman–Crippen MR) is 70.6 cm³/mol. The average Bonchev–Trinajstić information content (AvgIpc) is 2.38. The van der Waals surface area contributed by atoms with Crippen molar-refractivity contribution in [2.75, 3.05) is 37.7 Å². The van der Waals surface area contributed by atoms with Crippen molar-refractivity contribution in [3.05, 3.63) is 24.3 Å². The van der Waals surface area contributed by atoms with Gasteiger partial charge in [0.15, 0.2) is 0 Å². The van der Waals surface area contributed by atoms with Gasteiger partial charge in [-0.15, -0.1) is 0 Å². The molecule has 1 aliphatic heterocycles. The van der Waals surface area contributed by atoms with E-state index in [0.29, 0.717) is 5.92 Å². The number of nitrogens with two attached hydrogens (primary N) is 1. The van der Waals surface area contributed by atoms with Crippen LogP contribution in [0.5, 0.6) is 5.75 Å². The second kappa shape index (κ2) is 5.92. The van der Waals surface area contributed by atoms with Crippen molar-refractivity contribution in [3.63, 3.8) is 0 Å². The van der Waals surface area contributed by atoms with Gasteiger partial charge in [-0.05, 0) is 30.2 Å². The highest BCUT2D eigenvalue weighted by molar-refractivity contribution is 5.49. The van der Waals surface area contributed by atoms with Crippen LogP contribution in [-0.2, 0) is 0 Å². The predicted octanol–water partition coefficient (Wildman–Crippen LogP) is 1.10. The summed E-state index contributed by atoms with van der Waals surface area (Å²) in [6.07, 6.45) is 0. The zero-order valence-electron chi connectivity index (χ0n) is 10.9. The lowest BCUT2D eigenvalue weighted by atomic mass is 10.2. The van der Waals surface area contributed by atoms with Crippen molar-refractivity contribution in [2.45, 2.75) is 13.8 Å². The summed E-state index contributed by atoms with van der Waals surface area (Å²) in [7, 11) is 0. The number of nitrogens with zero attached hydrogens (tertiary/aromatic N) is 1. The molecule has 0 unspecified atom stereocenters. The molecule has 2 N–H and O–H groups in total. The molecule has 0 amide bonds. The Balaban J connectivity index is 1.92. The molecule has 0 aromatic heterocycles. The smallest absolute Gasteiger partial charge is 0.119 e. The third-order valence-corrected chi connectivity index (χ3v) is 2.99. The van der Waals surface area contributed by atoms with Crippen molar-refractivity contribution in [1.82, 2.24) is 0 Å². The van der Waals surface area contributed by atoms with Crippen molar-refractivity contribution in [2.24, 2.45) is 5.92 Å². The number of piperazine rings is 1. The first-order valence-electron chi connectivity index (χ1n) is 6.55. The molecule has 1 aromatic rings. The lowest BCUT2D eigenvalue weighted by Crippen LogP contribution is -2.89. The van der Waals surface area contributed by atoms with E-state index < -0.39 is 0 Å². The summed E-state index contributed by atoms with van der Waals surface area (Å²) in [6, 6.07) is 8.49. The first kappa shape index (κ1) is 12.2. The van der Waals surface area contributed by atoms with Gasteiger partial charge in [-0.2, -0.15) is 0 Å². The summed E-state index contributed by atoms with van der Waals surface area (Å²) in [5, 5.41) is 2.37. The van der Waals surface area contributed by atoms with E-state index in [1.165, 1.54) is 18.8 Å². The van der Waals surface area contributed by atoms with Gasteiger partial charge in [-0.3, -0.25) is 0 Å². The summed E-state index contributed by atoms with van der Waals surface area (Å²) in [4.78, 5) is 2.44. The van der Waals surface area contributed by atoms with Crippen molar-refractivity contribution in [3.8, 4) is 5.75 Å². The Bertz CT molecular complexity index is 329. The highest BCUT2D eigenvalue weighted by Gasteiger charge is 2.12. The van der Waals surface area contributed by atoms with E-state index in [2.05, 4.69) is 48.3 Å². The fourth-order valence-electron chi connectivity index (χ4n) is 2.02. The molecule has 0 bridgehead atoms. The summed E-state index contributed by atoms with van der Waals surface area (Å²) in [5.74, 6) is 1.55. The summed E-state index contributed by atoms with van der Waals surface area (Å²) < 4.78 is 5.69. The largest absolute Gasteiger partial charge is 0.493 e. The van der Waals surface area contributed by atoms with Gasteiger partial charge < -0.3 is 15.0 Å². The van der Waals surface area contributed by atoms with Crippen LogP contribution >= 0.6 is 0 Å². The van der Waals surface area contributed by atoms with Crippen LogP contribution in [0.15, 0.2) is 24.3 Å². The zero-order valence-corrected chi connectivity index (χ0v) is 10.9. The maximum absolute atomic E-state index is 5.69. The van der Waals surface area contributed by atoms with E-state index in [9.17, 15) is 0 Å². The van der Waals surface area contributed by atoms with Gasteiger partial charge in [0.05, 0.1) is 32.8 Å². The summed E-state index contributed by atoms with van der Waals surface area (Å²) >= 11 is 0. The van der Waals surface area contributed by atoms with Crippen LogP contribution in [0.3, 0.4) is 0 Å². The topological polar surface area (TPSA) is 29.1 Å². The van der Waals surface area contributed by atoms with Gasteiger partial charge in [0.2, 0.25) is 0 Å². The Hall–Kier alpha value is -1.22. The quantitative estimate of drug-likeness (QED) is 0.847. The van der Waals surface area contributed by atoms with E-state index in [1.54, 1.807) is 0 Å². The molecule has 3 heteroatoms. The second-order valence-electron chi connectivity index (χ2n) is 5.05. The lowest BCUT2D eigenvalue weighted by molar-refractivity contribution is -0.655. The molecule has 0 saturated carbocycles. The fourth-order valence-corrected chi connectivity index (χ4v) is 2.02. The average molecular weight is 235 g/mol. The molecular weight excluding hydrogens is 212 g/mol. The Labute approximate surface area is 104 Å². The number of anilines is 1. The molecule has 3 nitrogen and oxygen atoms in total. The number of benzene rings is 1. The third-order valence-electron chi connectivity index (χ3n) is 2.99. The van der Waals surface area contributed by atoms with Crippen LogP contribution in [0.2, 0.25) is 0 Å². The minimum Gasteiger partial charge on any atom is -0.493 e. The number of hydrogen-bond acceptors (Lipinski definition) is 2. The van der Waals surface area contributed by atoms with Crippen LogP contribution < -0.4 is 15.0 Å². The molecule has 0 spiro atoms. The van der Waals surface area contributed by atoms with Gasteiger partial charge in [-0.25, -0.2) is 0 Å². The Morgan fingerprint density at radius 3 is 2.41 bits per heavy atom. The Kier molecular flexibility index (Phi) is 4.26. The molecule has 0 atom stereocenters. The lowest BCUT2D eigenvalue weighted by Gasteiger charge is -2.27. The molecule has 94 valence electrons. The van der Waals surface area contributed by atoms with Crippen molar-refractivity contribution in [1.29, 1.82) is 0 Å². The maximum Gasteiger partial charge on any atom is 0.119 e. The summed E-state index contributed by atoms with van der Waals surface area (Å²) in [5.41, 5.74) is 1.31. The Morgan fingerprint density at radius 1 is 1.18 bits per heavy atom. The molecular formula is C14H23N2O+. The van der Waals surface area contributed by atoms with Crippen LogP contribution in [0.4, 0.5) is 5.69 Å². The maximum atomic E-state index is 5.69. The van der Waals surface area contributed by atoms with Crippen LogP contribution in [0.25, 0.3) is 0 Å². The van der Waals surface area contributed by atoms with Crippen molar-refractivity contribution >= 4 is 5.69 Å². The van der Waals surface area contributed by atoms with Crippen LogP contribution in [0.1, 0.15) is 13.8 Å². The van der Waals surface area contributed by atoms with Crippen LogP contribution in [-0.4, -0.2) is 32.8 Å². The number of quaternary nitrogens is 1. The third kappa shape index (κ3) is 3.63. The van der Waals surface area contributed by atoms with E-state index in [0.717, 1.165) is 25.4 Å². The van der Waals surface area contributed by atoms with E-state index in [4.69, 9.17) is 4.74 Å². The SMILES string of the molecule is CC(C)COc1ccc(N2CC[NH2+]CC2)cc1. The van der Waals surface area contributed by atoms with Crippen LogP contribution in [0, 0.1) is 5.92 Å². The first-order chi connectivity index (χ1) is 8.25. The highest BCUT2D eigenvalue weighted by atomic mass is 16.5. The molecule has 17 heavy (non-hydrogen) atoms. The first-order valence-corrected chi connectivity index (χ1v) is 6.55. The second-order valence-corrected chi connectivity index (χ2v) is 5.05. The number of hydrogen-bond donors (Lipinski definition) is 1. The minimum atomic E-state index is 0.576. The molecule has 1 heterocycles. The zero-order chi connectivity index (χ0) is 12.1. The number of ether oxygens (including phenoxy) is 1. The molecule has 0 aliphatic carbocycles. The van der Waals surface area contributed by atoms with E-state index in [1.807, 2.05) is 0 Å².